The second-order valence-corrected chi connectivity index (χ2v) is 6.07. The first-order valence-corrected chi connectivity index (χ1v) is 8.18. The number of aromatic carboxylic acids is 1. The van der Waals surface area contributed by atoms with Crippen molar-refractivity contribution < 1.29 is 24.2 Å². The number of pyridine rings is 1. The second kappa shape index (κ2) is 7.16. The van der Waals surface area contributed by atoms with Crippen LogP contribution in [-0.4, -0.2) is 40.6 Å². The number of rotatable bonds is 5. The summed E-state index contributed by atoms with van der Waals surface area (Å²) in [5.41, 5.74) is 1.21. The Hall–Kier alpha value is -3.26. The molecule has 0 atom stereocenters. The lowest BCUT2D eigenvalue weighted by Crippen LogP contribution is -2.18. The highest BCUT2D eigenvalue weighted by molar-refractivity contribution is 6.30. The number of imidazole rings is 1. The van der Waals surface area contributed by atoms with Crippen LogP contribution in [0, 0.1) is 6.92 Å². The van der Waals surface area contributed by atoms with E-state index in [9.17, 15) is 14.7 Å². The van der Waals surface area contributed by atoms with Crippen molar-refractivity contribution in [2.75, 3.05) is 19.5 Å². The first kappa shape index (κ1) is 18.5. The zero-order chi connectivity index (χ0) is 19.7. The number of carboxylic acid groups (broad SMARTS) is 1. The van der Waals surface area contributed by atoms with Gasteiger partial charge in [0, 0.05) is 18.3 Å². The van der Waals surface area contributed by atoms with E-state index in [-0.39, 0.29) is 28.4 Å². The molecule has 0 radical (unpaired) electrons. The molecule has 0 saturated carbocycles. The number of carbonyl (C=O) groups is 2. The van der Waals surface area contributed by atoms with E-state index in [1.165, 1.54) is 26.4 Å². The summed E-state index contributed by atoms with van der Waals surface area (Å²) in [6, 6.07) is 6.04. The van der Waals surface area contributed by atoms with E-state index < -0.39 is 11.9 Å². The van der Waals surface area contributed by atoms with Gasteiger partial charge >= 0.3 is 5.97 Å². The molecule has 1 aromatic carbocycles. The van der Waals surface area contributed by atoms with Crippen LogP contribution < -0.4 is 14.8 Å². The largest absolute Gasteiger partial charge is 0.493 e. The maximum absolute atomic E-state index is 12.9. The SMILES string of the molecule is COc1cc(NC(=O)c2c(C)nc3ccc(Cl)cn23)c(C(=O)O)cc1OC. The third kappa shape index (κ3) is 3.39. The standard InChI is InChI=1S/C18H16ClN3O5/c1-9-16(22-8-10(19)4-5-15(22)20-9)17(23)21-12-7-14(27-3)13(26-2)6-11(12)18(24)25/h4-8H,1-3H3,(H,21,23)(H,24,25). The van der Waals surface area contributed by atoms with Gasteiger partial charge in [-0.15, -0.1) is 0 Å². The van der Waals surface area contributed by atoms with E-state index in [0.717, 1.165) is 0 Å². The van der Waals surface area contributed by atoms with Gasteiger partial charge in [0.1, 0.15) is 11.3 Å². The number of anilines is 1. The average Bonchev–Trinajstić information content (AvgIpc) is 2.95. The predicted molar refractivity (Wildman–Crippen MR) is 99.4 cm³/mol. The Kier molecular flexibility index (Phi) is 4.91. The molecular weight excluding hydrogens is 374 g/mol. The maximum Gasteiger partial charge on any atom is 0.337 e. The number of aromatic nitrogens is 2. The molecule has 140 valence electrons. The van der Waals surface area contributed by atoms with Crippen LogP contribution in [0.2, 0.25) is 5.02 Å². The molecule has 2 heterocycles. The number of carboxylic acids is 1. The van der Waals surface area contributed by atoms with Gasteiger partial charge in [-0.1, -0.05) is 11.6 Å². The van der Waals surface area contributed by atoms with E-state index in [0.29, 0.717) is 16.4 Å². The molecule has 9 heteroatoms. The molecule has 8 nitrogen and oxygen atoms in total. The number of hydrogen-bond acceptors (Lipinski definition) is 5. The number of fused-ring (bicyclic) bond motifs is 1. The van der Waals surface area contributed by atoms with Crippen LogP contribution >= 0.6 is 11.6 Å². The monoisotopic (exact) mass is 389 g/mol. The second-order valence-electron chi connectivity index (χ2n) is 5.63. The van der Waals surface area contributed by atoms with Crippen LogP contribution in [0.5, 0.6) is 11.5 Å². The van der Waals surface area contributed by atoms with Crippen LogP contribution in [0.3, 0.4) is 0 Å². The summed E-state index contributed by atoms with van der Waals surface area (Å²) in [5.74, 6) is -1.22. The minimum Gasteiger partial charge on any atom is -0.493 e. The molecule has 2 N–H and O–H groups in total. The van der Waals surface area contributed by atoms with Gasteiger partial charge in [0.05, 0.1) is 36.2 Å². The van der Waals surface area contributed by atoms with Gasteiger partial charge in [-0.2, -0.15) is 0 Å². The summed E-state index contributed by atoms with van der Waals surface area (Å²) < 4.78 is 11.9. The Morgan fingerprint density at radius 1 is 1.19 bits per heavy atom. The molecule has 2 aromatic heterocycles. The molecule has 0 saturated heterocycles. The number of aryl methyl sites for hydroxylation is 1. The molecule has 0 spiro atoms. The number of hydrogen-bond donors (Lipinski definition) is 2. The Labute approximate surface area is 159 Å². The normalized spacial score (nSPS) is 10.7. The van der Waals surface area contributed by atoms with Crippen molar-refractivity contribution in [3.8, 4) is 11.5 Å². The van der Waals surface area contributed by atoms with Gasteiger partial charge < -0.3 is 19.9 Å². The highest BCUT2D eigenvalue weighted by atomic mass is 35.5. The molecule has 1 amide bonds. The zero-order valence-electron chi connectivity index (χ0n) is 14.7. The van der Waals surface area contributed by atoms with Crippen molar-refractivity contribution in [3.63, 3.8) is 0 Å². The number of methoxy groups -OCH3 is 2. The van der Waals surface area contributed by atoms with Gasteiger partial charge in [-0.05, 0) is 19.1 Å². The van der Waals surface area contributed by atoms with Crippen LogP contribution in [0.25, 0.3) is 5.65 Å². The lowest BCUT2D eigenvalue weighted by Gasteiger charge is -2.14. The molecular formula is C18H16ClN3O5. The first-order valence-electron chi connectivity index (χ1n) is 7.80. The number of ether oxygens (including phenoxy) is 2. The number of benzene rings is 1. The van der Waals surface area contributed by atoms with Gasteiger partial charge in [-0.25, -0.2) is 9.78 Å². The zero-order valence-corrected chi connectivity index (χ0v) is 15.5. The summed E-state index contributed by atoms with van der Waals surface area (Å²) in [6.45, 7) is 1.68. The van der Waals surface area contributed by atoms with Crippen molar-refractivity contribution in [3.05, 3.63) is 52.4 Å². The van der Waals surface area contributed by atoms with Crippen molar-refractivity contribution in [1.29, 1.82) is 0 Å². The fourth-order valence-corrected chi connectivity index (χ4v) is 2.91. The van der Waals surface area contributed by atoms with Crippen LogP contribution in [0.1, 0.15) is 26.5 Å². The highest BCUT2D eigenvalue weighted by Crippen LogP contribution is 2.33. The summed E-state index contributed by atoms with van der Waals surface area (Å²) in [4.78, 5) is 28.8. The van der Waals surface area contributed by atoms with Crippen molar-refractivity contribution in [1.82, 2.24) is 9.38 Å². The van der Waals surface area contributed by atoms with E-state index in [1.807, 2.05) is 0 Å². The van der Waals surface area contributed by atoms with Crippen molar-refractivity contribution >= 4 is 34.8 Å². The molecule has 0 aliphatic heterocycles. The lowest BCUT2D eigenvalue weighted by atomic mass is 10.1. The minimum absolute atomic E-state index is 0.0709. The average molecular weight is 390 g/mol. The quantitative estimate of drug-likeness (QED) is 0.694. The van der Waals surface area contributed by atoms with Crippen molar-refractivity contribution in [2.45, 2.75) is 6.92 Å². The molecule has 0 bridgehead atoms. The molecule has 3 aromatic rings. The third-order valence-corrected chi connectivity index (χ3v) is 4.20. The minimum atomic E-state index is -1.22. The summed E-state index contributed by atoms with van der Waals surface area (Å²) in [7, 11) is 2.81. The van der Waals surface area contributed by atoms with Gasteiger partial charge in [0.25, 0.3) is 5.91 Å². The van der Waals surface area contributed by atoms with E-state index >= 15 is 0 Å². The third-order valence-electron chi connectivity index (χ3n) is 3.97. The van der Waals surface area contributed by atoms with Crippen LogP contribution in [-0.2, 0) is 0 Å². The predicted octanol–water partition coefficient (Wildman–Crippen LogP) is 3.26. The smallest absolute Gasteiger partial charge is 0.337 e. The summed E-state index contributed by atoms with van der Waals surface area (Å²) in [6.07, 6.45) is 1.57. The number of halogens is 1. The Bertz CT molecular complexity index is 1060. The molecule has 0 fully saturated rings. The van der Waals surface area contributed by atoms with E-state index in [4.69, 9.17) is 21.1 Å². The van der Waals surface area contributed by atoms with Gasteiger partial charge in [-0.3, -0.25) is 9.20 Å². The van der Waals surface area contributed by atoms with E-state index in [2.05, 4.69) is 10.3 Å². The summed E-state index contributed by atoms with van der Waals surface area (Å²) >= 11 is 6.02. The summed E-state index contributed by atoms with van der Waals surface area (Å²) in [5, 5.41) is 12.5. The number of nitrogens with one attached hydrogen (secondary N) is 1. The number of carbonyl (C=O) groups excluding carboxylic acids is 1. The van der Waals surface area contributed by atoms with Crippen molar-refractivity contribution in [2.24, 2.45) is 0 Å². The number of nitrogens with zero attached hydrogens (tertiary/aromatic N) is 2. The molecule has 0 aliphatic rings. The van der Waals surface area contributed by atoms with Crippen LogP contribution in [0.4, 0.5) is 5.69 Å². The molecule has 0 aliphatic carbocycles. The molecule has 27 heavy (non-hydrogen) atoms. The van der Waals surface area contributed by atoms with Gasteiger partial charge in [0.15, 0.2) is 11.5 Å². The molecule has 0 unspecified atom stereocenters. The fourth-order valence-electron chi connectivity index (χ4n) is 2.75. The van der Waals surface area contributed by atoms with E-state index in [1.54, 1.807) is 29.7 Å². The van der Waals surface area contributed by atoms with Gasteiger partial charge in [0.2, 0.25) is 0 Å². The molecule has 3 rings (SSSR count). The fraction of sp³-hybridized carbons (Fsp3) is 0.167. The maximum atomic E-state index is 12.9. The Morgan fingerprint density at radius 2 is 1.85 bits per heavy atom. The Morgan fingerprint density at radius 3 is 2.48 bits per heavy atom. The van der Waals surface area contributed by atoms with Crippen LogP contribution in [0.15, 0.2) is 30.5 Å². The number of amides is 1. The lowest BCUT2D eigenvalue weighted by molar-refractivity contribution is 0.0697. The first-order chi connectivity index (χ1) is 12.8. The Balaban J connectivity index is 2.07. The topological polar surface area (TPSA) is 102 Å². The highest BCUT2D eigenvalue weighted by Gasteiger charge is 2.22.